The van der Waals surface area contributed by atoms with Crippen molar-refractivity contribution in [2.24, 2.45) is 0 Å². The molecule has 1 unspecified atom stereocenters. The second-order valence-electron chi connectivity index (χ2n) is 4.30. The molecule has 19 heavy (non-hydrogen) atoms. The standard InChI is InChI=1S/C14H22N2O2S/c1-3-12(10-19-2)16-14(17)7-8-18-13-6-4-5-11(15)9-13/h4-6,9,12H,3,7-8,10,15H2,1-2H3,(H,16,17). The van der Waals surface area contributed by atoms with Crippen molar-refractivity contribution in [3.05, 3.63) is 24.3 Å². The van der Waals surface area contributed by atoms with Crippen molar-refractivity contribution < 1.29 is 9.53 Å². The lowest BCUT2D eigenvalue weighted by molar-refractivity contribution is -0.122. The van der Waals surface area contributed by atoms with E-state index in [1.165, 1.54) is 0 Å². The number of rotatable bonds is 8. The lowest BCUT2D eigenvalue weighted by atomic mass is 10.2. The van der Waals surface area contributed by atoms with Crippen molar-refractivity contribution in [2.45, 2.75) is 25.8 Å². The Balaban J connectivity index is 2.27. The first-order chi connectivity index (χ1) is 9.15. The van der Waals surface area contributed by atoms with Crippen LogP contribution in [0, 0.1) is 0 Å². The molecule has 4 nitrogen and oxygen atoms in total. The summed E-state index contributed by atoms with van der Waals surface area (Å²) in [6.45, 7) is 2.44. The van der Waals surface area contributed by atoms with E-state index >= 15 is 0 Å². The summed E-state index contributed by atoms with van der Waals surface area (Å²) < 4.78 is 5.49. The van der Waals surface area contributed by atoms with Crippen LogP contribution >= 0.6 is 11.8 Å². The number of thioether (sulfide) groups is 1. The Hall–Kier alpha value is -1.36. The van der Waals surface area contributed by atoms with E-state index in [1.807, 2.05) is 18.4 Å². The number of carbonyl (C=O) groups is 1. The molecule has 0 aromatic heterocycles. The topological polar surface area (TPSA) is 64.3 Å². The average molecular weight is 282 g/mol. The van der Waals surface area contributed by atoms with E-state index in [-0.39, 0.29) is 11.9 Å². The molecule has 0 heterocycles. The highest BCUT2D eigenvalue weighted by Gasteiger charge is 2.09. The molecular formula is C14H22N2O2S. The number of amides is 1. The molecule has 5 heteroatoms. The molecule has 1 aromatic rings. The number of carbonyl (C=O) groups excluding carboxylic acids is 1. The molecule has 1 aromatic carbocycles. The summed E-state index contributed by atoms with van der Waals surface area (Å²) in [5.74, 6) is 1.67. The molecule has 0 aliphatic heterocycles. The quantitative estimate of drug-likeness (QED) is 0.718. The van der Waals surface area contributed by atoms with Crippen LogP contribution in [-0.4, -0.2) is 30.6 Å². The summed E-state index contributed by atoms with van der Waals surface area (Å²) in [7, 11) is 0. The Bertz CT molecular complexity index is 399. The van der Waals surface area contributed by atoms with Crippen molar-refractivity contribution in [2.75, 3.05) is 24.3 Å². The van der Waals surface area contributed by atoms with E-state index in [0.717, 1.165) is 12.2 Å². The third kappa shape index (κ3) is 6.38. The van der Waals surface area contributed by atoms with Crippen LogP contribution in [0.2, 0.25) is 0 Å². The summed E-state index contributed by atoms with van der Waals surface area (Å²) in [4.78, 5) is 11.7. The van der Waals surface area contributed by atoms with Gasteiger partial charge in [0.25, 0.3) is 0 Å². The fourth-order valence-corrected chi connectivity index (χ4v) is 2.35. The smallest absolute Gasteiger partial charge is 0.223 e. The van der Waals surface area contributed by atoms with Crippen LogP contribution in [0.5, 0.6) is 5.75 Å². The molecule has 1 atom stereocenters. The van der Waals surface area contributed by atoms with Crippen LogP contribution in [0.25, 0.3) is 0 Å². The molecule has 0 radical (unpaired) electrons. The van der Waals surface area contributed by atoms with Gasteiger partial charge < -0.3 is 15.8 Å². The maximum absolute atomic E-state index is 11.7. The van der Waals surface area contributed by atoms with Gasteiger partial charge in [0.2, 0.25) is 5.91 Å². The predicted molar refractivity (Wildman–Crippen MR) is 81.6 cm³/mol. The minimum absolute atomic E-state index is 0.0322. The van der Waals surface area contributed by atoms with Gasteiger partial charge in [0.05, 0.1) is 13.0 Å². The minimum atomic E-state index is 0.0322. The van der Waals surface area contributed by atoms with Gasteiger partial charge in [-0.15, -0.1) is 0 Å². The van der Waals surface area contributed by atoms with Crippen LogP contribution < -0.4 is 15.8 Å². The number of nitrogen functional groups attached to an aromatic ring is 1. The first-order valence-corrected chi connectivity index (χ1v) is 7.81. The molecule has 0 saturated heterocycles. The molecular weight excluding hydrogens is 260 g/mol. The molecule has 0 bridgehead atoms. The Kier molecular flexibility index (Phi) is 7.18. The minimum Gasteiger partial charge on any atom is -0.493 e. The number of ether oxygens (including phenoxy) is 1. The van der Waals surface area contributed by atoms with Crippen molar-refractivity contribution in [1.82, 2.24) is 5.32 Å². The van der Waals surface area contributed by atoms with E-state index in [9.17, 15) is 4.79 Å². The second-order valence-corrected chi connectivity index (χ2v) is 5.21. The van der Waals surface area contributed by atoms with E-state index in [1.54, 1.807) is 23.9 Å². The Morgan fingerprint density at radius 1 is 1.53 bits per heavy atom. The molecule has 0 saturated carbocycles. The second kappa shape index (κ2) is 8.69. The fourth-order valence-electron chi connectivity index (χ4n) is 1.63. The Morgan fingerprint density at radius 3 is 2.95 bits per heavy atom. The lowest BCUT2D eigenvalue weighted by Crippen LogP contribution is -2.36. The van der Waals surface area contributed by atoms with E-state index in [2.05, 4.69) is 12.2 Å². The zero-order valence-corrected chi connectivity index (χ0v) is 12.3. The fraction of sp³-hybridized carbons (Fsp3) is 0.500. The zero-order valence-electron chi connectivity index (χ0n) is 11.5. The van der Waals surface area contributed by atoms with Crippen LogP contribution in [0.3, 0.4) is 0 Å². The summed E-state index contributed by atoms with van der Waals surface area (Å²) in [5, 5.41) is 3.00. The van der Waals surface area contributed by atoms with E-state index in [0.29, 0.717) is 24.5 Å². The number of anilines is 1. The van der Waals surface area contributed by atoms with Gasteiger partial charge in [-0.3, -0.25) is 4.79 Å². The normalized spacial score (nSPS) is 11.9. The van der Waals surface area contributed by atoms with Crippen molar-refractivity contribution in [3.8, 4) is 5.75 Å². The largest absolute Gasteiger partial charge is 0.493 e. The molecule has 0 fully saturated rings. The van der Waals surface area contributed by atoms with Gasteiger partial charge in [0, 0.05) is 23.5 Å². The van der Waals surface area contributed by atoms with Gasteiger partial charge >= 0.3 is 0 Å². The van der Waals surface area contributed by atoms with Crippen molar-refractivity contribution >= 4 is 23.4 Å². The summed E-state index contributed by atoms with van der Waals surface area (Å²) >= 11 is 1.74. The molecule has 3 N–H and O–H groups in total. The highest BCUT2D eigenvalue weighted by Crippen LogP contribution is 2.14. The van der Waals surface area contributed by atoms with E-state index < -0.39 is 0 Å². The number of hydrogen-bond donors (Lipinski definition) is 2. The van der Waals surface area contributed by atoms with E-state index in [4.69, 9.17) is 10.5 Å². The molecule has 106 valence electrons. The van der Waals surface area contributed by atoms with Crippen LogP contribution in [0.4, 0.5) is 5.69 Å². The van der Waals surface area contributed by atoms with Crippen molar-refractivity contribution in [3.63, 3.8) is 0 Å². The molecule has 1 rings (SSSR count). The number of benzene rings is 1. The lowest BCUT2D eigenvalue weighted by Gasteiger charge is -2.15. The summed E-state index contributed by atoms with van der Waals surface area (Å²) in [6, 6.07) is 7.46. The highest BCUT2D eigenvalue weighted by atomic mass is 32.2. The SMILES string of the molecule is CCC(CSC)NC(=O)CCOc1cccc(N)c1. The Labute approximate surface area is 119 Å². The predicted octanol–water partition coefficient (Wildman–Crippen LogP) is 2.30. The first kappa shape index (κ1) is 15.7. The van der Waals surface area contributed by atoms with Crippen LogP contribution in [0.15, 0.2) is 24.3 Å². The van der Waals surface area contributed by atoms with Crippen molar-refractivity contribution in [1.29, 1.82) is 0 Å². The molecule has 0 aliphatic carbocycles. The van der Waals surface area contributed by atoms with Gasteiger partial charge in [0.1, 0.15) is 5.75 Å². The molecule has 0 spiro atoms. The summed E-state index contributed by atoms with van der Waals surface area (Å²) in [6.07, 6.45) is 3.35. The van der Waals surface area contributed by atoms with Crippen LogP contribution in [0.1, 0.15) is 19.8 Å². The molecule has 0 aliphatic rings. The monoisotopic (exact) mass is 282 g/mol. The third-order valence-corrected chi connectivity index (χ3v) is 3.42. The third-order valence-electron chi connectivity index (χ3n) is 2.68. The zero-order chi connectivity index (χ0) is 14.1. The maximum Gasteiger partial charge on any atom is 0.223 e. The van der Waals surface area contributed by atoms with Crippen LogP contribution in [-0.2, 0) is 4.79 Å². The van der Waals surface area contributed by atoms with Gasteiger partial charge in [0.15, 0.2) is 0 Å². The number of nitrogens with two attached hydrogens (primary N) is 1. The highest BCUT2D eigenvalue weighted by molar-refractivity contribution is 7.98. The van der Waals surface area contributed by atoms with Gasteiger partial charge in [-0.25, -0.2) is 0 Å². The Morgan fingerprint density at radius 2 is 2.32 bits per heavy atom. The summed E-state index contributed by atoms with van der Waals surface area (Å²) in [5.41, 5.74) is 6.31. The van der Waals surface area contributed by atoms with Gasteiger partial charge in [-0.05, 0) is 24.8 Å². The number of hydrogen-bond acceptors (Lipinski definition) is 4. The molecule has 1 amide bonds. The van der Waals surface area contributed by atoms with Gasteiger partial charge in [-0.1, -0.05) is 13.0 Å². The first-order valence-electron chi connectivity index (χ1n) is 6.42. The number of nitrogens with one attached hydrogen (secondary N) is 1. The maximum atomic E-state index is 11.7. The average Bonchev–Trinajstić information content (AvgIpc) is 2.38. The van der Waals surface area contributed by atoms with Gasteiger partial charge in [-0.2, -0.15) is 11.8 Å².